The molecule has 0 bridgehead atoms. The van der Waals surface area contributed by atoms with Gasteiger partial charge in [0, 0.05) is 25.5 Å². The van der Waals surface area contributed by atoms with Crippen LogP contribution in [0.1, 0.15) is 17.8 Å². The van der Waals surface area contributed by atoms with Gasteiger partial charge >= 0.3 is 0 Å². The van der Waals surface area contributed by atoms with Gasteiger partial charge in [-0.3, -0.25) is 4.98 Å². The standard InChI is InChI=1S/C13H19N5O2S/c1-11-16-10-13(18-11)21(19,20)17-7-3-6-15-9-12-4-2-5-14-8-12/h2,4-5,8,10,15,17H,3,6-7,9H2,1H3,(H,16,18). The van der Waals surface area contributed by atoms with E-state index in [1.54, 1.807) is 19.3 Å². The second-order valence-corrected chi connectivity index (χ2v) is 6.36. The third kappa shape index (κ3) is 4.92. The lowest BCUT2D eigenvalue weighted by Gasteiger charge is -2.06. The second kappa shape index (κ2) is 7.30. The van der Waals surface area contributed by atoms with Gasteiger partial charge in [0.2, 0.25) is 0 Å². The quantitative estimate of drug-likeness (QED) is 0.619. The highest BCUT2D eigenvalue weighted by molar-refractivity contribution is 7.89. The minimum absolute atomic E-state index is 0.100. The molecule has 0 saturated heterocycles. The molecular formula is C13H19N5O2S. The third-order valence-electron chi connectivity index (χ3n) is 2.84. The number of imidazole rings is 1. The van der Waals surface area contributed by atoms with E-state index in [4.69, 9.17) is 0 Å². The number of aryl methyl sites for hydroxylation is 1. The van der Waals surface area contributed by atoms with Gasteiger partial charge in [0.15, 0.2) is 5.03 Å². The van der Waals surface area contributed by atoms with Crippen molar-refractivity contribution in [3.8, 4) is 0 Å². The van der Waals surface area contributed by atoms with Gasteiger partial charge in [-0.2, -0.15) is 0 Å². The lowest BCUT2D eigenvalue weighted by atomic mass is 10.3. The van der Waals surface area contributed by atoms with Crippen LogP contribution in [0.2, 0.25) is 0 Å². The van der Waals surface area contributed by atoms with Crippen LogP contribution in [0.4, 0.5) is 0 Å². The minimum Gasteiger partial charge on any atom is -0.332 e. The zero-order valence-electron chi connectivity index (χ0n) is 11.8. The van der Waals surface area contributed by atoms with E-state index < -0.39 is 10.0 Å². The molecule has 2 aromatic heterocycles. The highest BCUT2D eigenvalue weighted by Gasteiger charge is 2.15. The molecule has 0 aliphatic heterocycles. The van der Waals surface area contributed by atoms with Crippen LogP contribution < -0.4 is 10.0 Å². The Balaban J connectivity index is 1.66. The molecule has 2 aromatic rings. The molecule has 0 aromatic carbocycles. The molecular weight excluding hydrogens is 290 g/mol. The van der Waals surface area contributed by atoms with E-state index in [0.717, 1.165) is 18.7 Å². The number of nitrogens with zero attached hydrogens (tertiary/aromatic N) is 2. The lowest BCUT2D eigenvalue weighted by molar-refractivity contribution is 0.570. The topological polar surface area (TPSA) is 99.8 Å². The first-order valence-electron chi connectivity index (χ1n) is 6.69. The molecule has 0 atom stereocenters. The van der Waals surface area contributed by atoms with Crippen molar-refractivity contribution in [2.45, 2.75) is 24.9 Å². The predicted molar refractivity (Wildman–Crippen MR) is 79.1 cm³/mol. The van der Waals surface area contributed by atoms with E-state index in [0.29, 0.717) is 18.8 Å². The van der Waals surface area contributed by atoms with E-state index in [1.165, 1.54) is 6.20 Å². The largest absolute Gasteiger partial charge is 0.332 e. The Bertz CT molecular complexity index is 654. The highest BCUT2D eigenvalue weighted by Crippen LogP contribution is 2.04. The number of sulfonamides is 1. The summed E-state index contributed by atoms with van der Waals surface area (Å²) in [6.45, 7) is 3.53. The summed E-state index contributed by atoms with van der Waals surface area (Å²) in [7, 11) is -3.48. The smallest absolute Gasteiger partial charge is 0.257 e. The number of nitrogens with one attached hydrogen (secondary N) is 3. The van der Waals surface area contributed by atoms with Crippen LogP contribution in [-0.2, 0) is 16.6 Å². The number of rotatable bonds is 8. The average molecular weight is 309 g/mol. The Labute approximate surface area is 124 Å². The van der Waals surface area contributed by atoms with Crippen LogP contribution in [0.25, 0.3) is 0 Å². The normalized spacial score (nSPS) is 11.7. The van der Waals surface area contributed by atoms with Gasteiger partial charge in [0.05, 0.1) is 6.20 Å². The van der Waals surface area contributed by atoms with Crippen LogP contribution in [0.15, 0.2) is 35.7 Å². The van der Waals surface area contributed by atoms with Crippen molar-refractivity contribution < 1.29 is 8.42 Å². The first-order chi connectivity index (χ1) is 10.1. The molecule has 114 valence electrons. The summed E-state index contributed by atoms with van der Waals surface area (Å²) < 4.78 is 26.3. The Hall–Kier alpha value is -1.77. The van der Waals surface area contributed by atoms with Crippen molar-refractivity contribution in [2.24, 2.45) is 0 Å². The van der Waals surface area contributed by atoms with Crippen molar-refractivity contribution in [2.75, 3.05) is 13.1 Å². The van der Waals surface area contributed by atoms with E-state index in [2.05, 4.69) is 25.0 Å². The minimum atomic E-state index is -3.48. The molecule has 0 saturated carbocycles. The molecule has 0 aliphatic carbocycles. The first-order valence-corrected chi connectivity index (χ1v) is 8.17. The van der Waals surface area contributed by atoms with Crippen molar-refractivity contribution >= 4 is 10.0 Å². The fourth-order valence-electron chi connectivity index (χ4n) is 1.77. The Morgan fingerprint density at radius 1 is 1.29 bits per heavy atom. The molecule has 2 rings (SSSR count). The molecule has 0 fully saturated rings. The van der Waals surface area contributed by atoms with Gasteiger partial charge < -0.3 is 10.3 Å². The molecule has 0 aliphatic rings. The monoisotopic (exact) mass is 309 g/mol. The number of hydrogen-bond donors (Lipinski definition) is 3. The van der Waals surface area contributed by atoms with Crippen molar-refractivity contribution in [3.05, 3.63) is 42.1 Å². The van der Waals surface area contributed by atoms with Gasteiger partial charge in [-0.05, 0) is 31.5 Å². The fraction of sp³-hybridized carbons (Fsp3) is 0.385. The number of hydrogen-bond acceptors (Lipinski definition) is 5. The summed E-state index contributed by atoms with van der Waals surface area (Å²) in [5.41, 5.74) is 1.10. The summed E-state index contributed by atoms with van der Waals surface area (Å²) in [5, 5.41) is 3.34. The Kier molecular flexibility index (Phi) is 5.43. The molecule has 0 spiro atoms. The molecule has 7 nitrogen and oxygen atoms in total. The molecule has 0 radical (unpaired) electrons. The van der Waals surface area contributed by atoms with E-state index in [9.17, 15) is 8.42 Å². The predicted octanol–water partition coefficient (Wildman–Crippen LogP) is 0.571. The van der Waals surface area contributed by atoms with Crippen LogP contribution in [0.5, 0.6) is 0 Å². The number of H-pyrrole nitrogens is 1. The van der Waals surface area contributed by atoms with Crippen LogP contribution in [0.3, 0.4) is 0 Å². The Morgan fingerprint density at radius 2 is 2.14 bits per heavy atom. The number of pyridine rings is 1. The first kappa shape index (κ1) is 15.6. The maximum atomic E-state index is 11.9. The number of aromatic amines is 1. The van der Waals surface area contributed by atoms with Crippen LogP contribution in [-0.4, -0.2) is 36.5 Å². The SMILES string of the molecule is Cc1ncc(S(=O)(=O)NCCCNCc2cccnc2)[nH]1. The van der Waals surface area contributed by atoms with Gasteiger partial charge in [0.25, 0.3) is 10.0 Å². The number of aromatic nitrogens is 3. The molecule has 3 N–H and O–H groups in total. The zero-order valence-corrected chi connectivity index (χ0v) is 12.7. The molecule has 0 unspecified atom stereocenters. The molecule has 2 heterocycles. The summed E-state index contributed by atoms with van der Waals surface area (Å²) in [6.07, 6.45) is 5.55. The third-order valence-corrected chi connectivity index (χ3v) is 4.21. The van der Waals surface area contributed by atoms with Crippen LogP contribution in [0, 0.1) is 6.92 Å². The zero-order chi connectivity index (χ0) is 15.1. The Morgan fingerprint density at radius 3 is 2.81 bits per heavy atom. The molecule has 0 amide bonds. The maximum Gasteiger partial charge on any atom is 0.257 e. The maximum absolute atomic E-state index is 11.9. The fourth-order valence-corrected chi connectivity index (χ4v) is 2.81. The van der Waals surface area contributed by atoms with Gasteiger partial charge in [-0.15, -0.1) is 0 Å². The van der Waals surface area contributed by atoms with Crippen LogP contribution >= 0.6 is 0 Å². The summed E-state index contributed by atoms with van der Waals surface area (Å²) in [6, 6.07) is 3.88. The summed E-state index contributed by atoms with van der Waals surface area (Å²) in [4.78, 5) is 10.6. The lowest BCUT2D eigenvalue weighted by Crippen LogP contribution is -2.27. The van der Waals surface area contributed by atoms with E-state index >= 15 is 0 Å². The summed E-state index contributed by atoms with van der Waals surface area (Å²) in [5.74, 6) is 0.577. The summed E-state index contributed by atoms with van der Waals surface area (Å²) >= 11 is 0. The van der Waals surface area contributed by atoms with Crippen molar-refractivity contribution in [1.29, 1.82) is 0 Å². The van der Waals surface area contributed by atoms with Gasteiger partial charge in [-0.25, -0.2) is 18.1 Å². The van der Waals surface area contributed by atoms with Crippen molar-refractivity contribution in [1.82, 2.24) is 25.0 Å². The van der Waals surface area contributed by atoms with Gasteiger partial charge in [0.1, 0.15) is 5.82 Å². The van der Waals surface area contributed by atoms with E-state index in [1.807, 2.05) is 12.1 Å². The van der Waals surface area contributed by atoms with E-state index in [-0.39, 0.29) is 5.03 Å². The van der Waals surface area contributed by atoms with Gasteiger partial charge in [-0.1, -0.05) is 6.07 Å². The van der Waals surface area contributed by atoms with Crippen molar-refractivity contribution in [3.63, 3.8) is 0 Å². The highest BCUT2D eigenvalue weighted by atomic mass is 32.2. The second-order valence-electron chi connectivity index (χ2n) is 4.62. The average Bonchev–Trinajstić information content (AvgIpc) is 2.91. The molecule has 8 heteroatoms. The molecule has 21 heavy (non-hydrogen) atoms.